The summed E-state index contributed by atoms with van der Waals surface area (Å²) in [5, 5.41) is 8.52. The van der Waals surface area contributed by atoms with Gasteiger partial charge in [-0.15, -0.1) is 0 Å². The van der Waals surface area contributed by atoms with E-state index in [0.717, 1.165) is 0 Å². The Labute approximate surface area is 111 Å². The van der Waals surface area contributed by atoms with Crippen LogP contribution in [0.4, 0.5) is 0 Å². The van der Waals surface area contributed by atoms with Crippen molar-refractivity contribution in [3.63, 3.8) is 0 Å². The summed E-state index contributed by atoms with van der Waals surface area (Å²) in [7, 11) is -3.65. The molecular weight excluding hydrogens is 345 g/mol. The summed E-state index contributed by atoms with van der Waals surface area (Å²) in [5.74, 6) is 5.82. The molecule has 0 bridgehead atoms. The number of nitrogens with two attached hydrogens (primary N) is 1. The molecule has 0 aliphatic heterocycles. The van der Waals surface area contributed by atoms with Crippen molar-refractivity contribution in [2.75, 3.05) is 0 Å². The number of benzene rings is 1. The molecule has 0 unspecified atom stereocenters. The molecule has 0 fully saturated rings. The SMILES string of the molecule is [CH3][Pd]([CH3])(=[O])[CH2]CC#Cc1ccc(S(N)(=O)=O)cc1. The second kappa shape index (κ2) is 5.86. The van der Waals surface area contributed by atoms with Gasteiger partial charge in [-0.2, -0.15) is 0 Å². The zero-order valence-corrected chi connectivity index (χ0v) is 12.6. The zero-order chi connectivity index (χ0) is 13.8. The van der Waals surface area contributed by atoms with Crippen LogP contribution >= 0.6 is 0 Å². The molecule has 1 aromatic carbocycles. The standard InChI is InChI=1S/C10H10NO2S.2CH3.O.Pd/c1-2-3-4-9-5-7-10(8-6-9)14(11,12)13;;;;/h5-8H,1-2H2,(H2,11,12,13);2*1H3;;. The van der Waals surface area contributed by atoms with Crippen LogP contribution < -0.4 is 5.14 Å². The molecule has 0 amide bonds. The van der Waals surface area contributed by atoms with Gasteiger partial charge in [0.2, 0.25) is 0 Å². The van der Waals surface area contributed by atoms with Crippen molar-refractivity contribution < 1.29 is 27.4 Å². The normalized spacial score (nSPS) is 12.6. The van der Waals surface area contributed by atoms with Crippen molar-refractivity contribution >= 4 is 10.0 Å². The topological polar surface area (TPSA) is 77.2 Å². The molecule has 0 aromatic heterocycles. The van der Waals surface area contributed by atoms with Gasteiger partial charge in [-0.1, -0.05) is 0 Å². The van der Waals surface area contributed by atoms with E-state index in [2.05, 4.69) is 11.8 Å². The summed E-state index contributed by atoms with van der Waals surface area (Å²) in [6.45, 7) is 0. The Morgan fingerprint density at radius 3 is 2.22 bits per heavy atom. The Hall–Kier alpha value is -0.848. The first kappa shape index (κ1) is 15.2. The number of sulfonamides is 1. The van der Waals surface area contributed by atoms with Crippen molar-refractivity contribution in [1.82, 2.24) is 0 Å². The van der Waals surface area contributed by atoms with Gasteiger partial charge in [0.05, 0.1) is 0 Å². The maximum absolute atomic E-state index is 11.5. The van der Waals surface area contributed by atoms with Crippen molar-refractivity contribution in [1.29, 1.82) is 0 Å². The summed E-state index contributed by atoms with van der Waals surface area (Å²) < 4.78 is 33.5. The Kier molecular flexibility index (Phi) is 4.95. The van der Waals surface area contributed by atoms with E-state index >= 15 is 0 Å². The minimum absolute atomic E-state index is 0.0711. The van der Waals surface area contributed by atoms with Crippen molar-refractivity contribution in [2.24, 2.45) is 5.14 Å². The molecule has 103 valence electrons. The molecule has 0 heterocycles. The van der Waals surface area contributed by atoms with Crippen molar-refractivity contribution in [3.8, 4) is 11.8 Å². The molecule has 0 atom stereocenters. The Morgan fingerprint density at radius 1 is 1.22 bits per heavy atom. The van der Waals surface area contributed by atoms with E-state index in [1.54, 1.807) is 22.9 Å². The molecule has 4 nitrogen and oxygen atoms in total. The van der Waals surface area contributed by atoms with Gasteiger partial charge in [-0.25, -0.2) is 0 Å². The third-order valence-corrected chi connectivity index (χ3v) is 5.19. The minimum atomic E-state index is -3.65. The molecule has 0 aliphatic rings. The first-order valence-corrected chi connectivity index (χ1v) is 11.3. The molecule has 0 saturated heterocycles. The van der Waals surface area contributed by atoms with Gasteiger partial charge >= 0.3 is 111 Å². The van der Waals surface area contributed by atoms with Gasteiger partial charge in [0.15, 0.2) is 0 Å². The summed E-state index contributed by atoms with van der Waals surface area (Å²) in [6, 6.07) is 6.06. The third kappa shape index (κ3) is 5.66. The molecule has 1 rings (SSSR count). The first-order chi connectivity index (χ1) is 8.18. The van der Waals surface area contributed by atoms with Crippen LogP contribution in [0, 0.1) is 11.8 Å². The monoisotopic (exact) mass is 360 g/mol. The van der Waals surface area contributed by atoms with E-state index in [9.17, 15) is 11.9 Å². The Bertz CT molecular complexity index is 618. The molecule has 0 radical (unpaired) electrons. The van der Waals surface area contributed by atoms with Crippen molar-refractivity contribution in [2.45, 2.75) is 27.0 Å². The number of primary sulfonamides is 1. The van der Waals surface area contributed by atoms with Crippen LogP contribution in [0.3, 0.4) is 0 Å². The molecule has 0 saturated carbocycles. The van der Waals surface area contributed by atoms with Gasteiger partial charge in [0.1, 0.15) is 0 Å². The Balaban J connectivity index is 2.71. The molecule has 1 aromatic rings. The van der Waals surface area contributed by atoms with E-state index in [0.29, 0.717) is 16.9 Å². The van der Waals surface area contributed by atoms with E-state index in [4.69, 9.17) is 5.14 Å². The molecule has 0 spiro atoms. The molecule has 2 N–H and O–H groups in total. The van der Waals surface area contributed by atoms with Crippen LogP contribution in [0.15, 0.2) is 29.2 Å². The second-order valence-electron chi connectivity index (χ2n) is 3.89. The van der Waals surface area contributed by atoms with Crippen LogP contribution in [0.1, 0.15) is 12.0 Å². The summed E-state index contributed by atoms with van der Waals surface area (Å²) in [6.07, 6.45) is 0.588. The average Bonchev–Trinajstić information content (AvgIpc) is 2.22. The van der Waals surface area contributed by atoms with Crippen LogP contribution in [0.2, 0.25) is 15.7 Å². The van der Waals surface area contributed by atoms with E-state index in [1.807, 2.05) is 0 Å². The molecular formula is C12H16NO3PdS. The van der Waals surface area contributed by atoms with Crippen LogP contribution in [0.5, 0.6) is 0 Å². The number of rotatable bonds is 3. The second-order valence-corrected chi connectivity index (χ2v) is 11.7. The molecule has 6 heteroatoms. The van der Waals surface area contributed by atoms with E-state index in [-0.39, 0.29) is 4.90 Å². The van der Waals surface area contributed by atoms with Crippen LogP contribution in [0.25, 0.3) is 0 Å². The zero-order valence-electron chi connectivity index (χ0n) is 10.3. The predicted octanol–water partition coefficient (Wildman–Crippen LogP) is 2.09. The van der Waals surface area contributed by atoms with Crippen molar-refractivity contribution in [3.05, 3.63) is 29.8 Å². The Morgan fingerprint density at radius 2 is 1.78 bits per heavy atom. The van der Waals surface area contributed by atoms with Gasteiger partial charge in [0.25, 0.3) is 0 Å². The number of hydrogen-bond donors (Lipinski definition) is 1. The van der Waals surface area contributed by atoms with Gasteiger partial charge in [0, 0.05) is 0 Å². The van der Waals surface area contributed by atoms with Gasteiger partial charge in [-0.3, -0.25) is 0 Å². The quantitative estimate of drug-likeness (QED) is 0.662. The third-order valence-electron chi connectivity index (χ3n) is 2.00. The fourth-order valence-electron chi connectivity index (χ4n) is 1.12. The van der Waals surface area contributed by atoms with Gasteiger partial charge in [-0.05, 0) is 0 Å². The summed E-state index contributed by atoms with van der Waals surface area (Å²) >= 11 is -2.38. The number of hydrogen-bond acceptors (Lipinski definition) is 3. The van der Waals surface area contributed by atoms with Crippen LogP contribution in [-0.2, 0) is 29.0 Å². The summed E-state index contributed by atoms with van der Waals surface area (Å²) in [5.41, 5.74) is 0.717. The molecule has 18 heavy (non-hydrogen) atoms. The molecule has 0 aliphatic carbocycles. The maximum atomic E-state index is 11.5. The summed E-state index contributed by atoms with van der Waals surface area (Å²) in [4.78, 5) is 0.702. The first-order valence-electron chi connectivity index (χ1n) is 4.93. The van der Waals surface area contributed by atoms with Crippen LogP contribution in [-0.4, -0.2) is 8.42 Å². The van der Waals surface area contributed by atoms with E-state index < -0.39 is 25.5 Å². The van der Waals surface area contributed by atoms with E-state index in [1.165, 1.54) is 12.1 Å². The fourth-order valence-corrected chi connectivity index (χ4v) is 2.77. The van der Waals surface area contributed by atoms with Gasteiger partial charge < -0.3 is 0 Å². The average molecular weight is 361 g/mol. The predicted molar refractivity (Wildman–Crippen MR) is 66.5 cm³/mol. The fraction of sp³-hybridized carbons (Fsp3) is 0.333.